The molecule has 1 N–H and O–H groups in total. The summed E-state index contributed by atoms with van der Waals surface area (Å²) < 4.78 is 5.39. The standard InChI is InChI=1S/C15H23N3O2/c1-3-5-16-14-11-13(10-12(2)17-14)15(19)18-6-4-8-20-9-7-18/h10-11H,3-9H2,1-2H3,(H,16,17). The first-order valence-corrected chi connectivity index (χ1v) is 7.30. The quantitative estimate of drug-likeness (QED) is 0.915. The second-order valence-electron chi connectivity index (χ2n) is 5.07. The summed E-state index contributed by atoms with van der Waals surface area (Å²) >= 11 is 0. The van der Waals surface area contributed by atoms with Gasteiger partial charge < -0.3 is 15.0 Å². The Labute approximate surface area is 120 Å². The number of aryl methyl sites for hydroxylation is 1. The molecule has 0 saturated carbocycles. The van der Waals surface area contributed by atoms with Crippen LogP contribution >= 0.6 is 0 Å². The highest BCUT2D eigenvalue weighted by Crippen LogP contribution is 2.14. The van der Waals surface area contributed by atoms with Crippen molar-refractivity contribution in [3.8, 4) is 0 Å². The third kappa shape index (κ3) is 3.93. The number of carbonyl (C=O) groups excluding carboxylic acids is 1. The Morgan fingerprint density at radius 2 is 2.25 bits per heavy atom. The summed E-state index contributed by atoms with van der Waals surface area (Å²) in [6.07, 6.45) is 1.93. The van der Waals surface area contributed by atoms with Gasteiger partial charge in [-0.15, -0.1) is 0 Å². The van der Waals surface area contributed by atoms with E-state index in [1.54, 1.807) is 0 Å². The molecular weight excluding hydrogens is 254 g/mol. The first-order chi connectivity index (χ1) is 9.70. The highest BCUT2D eigenvalue weighted by Gasteiger charge is 2.18. The number of nitrogens with zero attached hydrogens (tertiary/aromatic N) is 2. The van der Waals surface area contributed by atoms with Gasteiger partial charge in [-0.1, -0.05) is 6.92 Å². The molecular formula is C15H23N3O2. The van der Waals surface area contributed by atoms with Gasteiger partial charge in [0.25, 0.3) is 5.91 Å². The van der Waals surface area contributed by atoms with Gasteiger partial charge in [0.2, 0.25) is 0 Å². The van der Waals surface area contributed by atoms with Crippen LogP contribution in [0, 0.1) is 6.92 Å². The lowest BCUT2D eigenvalue weighted by Gasteiger charge is -2.20. The lowest BCUT2D eigenvalue weighted by molar-refractivity contribution is 0.0741. The molecule has 1 amide bonds. The van der Waals surface area contributed by atoms with Crippen molar-refractivity contribution < 1.29 is 9.53 Å². The maximum absolute atomic E-state index is 12.5. The molecule has 1 aliphatic rings. The fourth-order valence-corrected chi connectivity index (χ4v) is 2.27. The predicted octanol–water partition coefficient (Wildman–Crippen LogP) is 2.07. The molecule has 5 nitrogen and oxygen atoms in total. The number of rotatable bonds is 4. The summed E-state index contributed by atoms with van der Waals surface area (Å²) in [5.41, 5.74) is 1.57. The number of pyridine rings is 1. The molecule has 2 heterocycles. The van der Waals surface area contributed by atoms with Gasteiger partial charge in [0, 0.05) is 37.5 Å². The summed E-state index contributed by atoms with van der Waals surface area (Å²) in [7, 11) is 0. The molecule has 0 radical (unpaired) electrons. The minimum absolute atomic E-state index is 0.0700. The van der Waals surface area contributed by atoms with Crippen LogP contribution in [-0.2, 0) is 4.74 Å². The Hall–Kier alpha value is -1.62. The van der Waals surface area contributed by atoms with E-state index in [0.29, 0.717) is 18.7 Å². The third-order valence-corrected chi connectivity index (χ3v) is 3.27. The van der Waals surface area contributed by atoms with E-state index in [4.69, 9.17) is 4.74 Å². The molecule has 1 fully saturated rings. The van der Waals surface area contributed by atoms with Gasteiger partial charge in [0.1, 0.15) is 5.82 Å². The molecule has 20 heavy (non-hydrogen) atoms. The second kappa shape index (κ2) is 7.24. The predicted molar refractivity (Wildman–Crippen MR) is 79.1 cm³/mol. The van der Waals surface area contributed by atoms with E-state index in [9.17, 15) is 4.79 Å². The van der Waals surface area contributed by atoms with Crippen LogP contribution in [0.3, 0.4) is 0 Å². The fraction of sp³-hybridized carbons (Fsp3) is 0.600. The number of nitrogens with one attached hydrogen (secondary N) is 1. The Kier molecular flexibility index (Phi) is 5.35. The zero-order valence-electron chi connectivity index (χ0n) is 12.3. The van der Waals surface area contributed by atoms with E-state index in [0.717, 1.165) is 44.0 Å². The fourth-order valence-electron chi connectivity index (χ4n) is 2.27. The number of hydrogen-bond acceptors (Lipinski definition) is 4. The van der Waals surface area contributed by atoms with Crippen molar-refractivity contribution in [1.82, 2.24) is 9.88 Å². The summed E-state index contributed by atoms with van der Waals surface area (Å²) in [4.78, 5) is 18.8. The molecule has 2 rings (SSSR count). The minimum atomic E-state index is 0.0700. The average Bonchev–Trinajstić information content (AvgIpc) is 2.72. The number of aromatic nitrogens is 1. The minimum Gasteiger partial charge on any atom is -0.380 e. The number of hydrogen-bond donors (Lipinski definition) is 1. The van der Waals surface area contributed by atoms with Gasteiger partial charge in [-0.05, 0) is 31.9 Å². The number of anilines is 1. The van der Waals surface area contributed by atoms with Crippen molar-refractivity contribution in [2.75, 3.05) is 38.2 Å². The summed E-state index contributed by atoms with van der Waals surface area (Å²) in [6.45, 7) is 7.67. The van der Waals surface area contributed by atoms with Gasteiger partial charge in [0.15, 0.2) is 0 Å². The monoisotopic (exact) mass is 277 g/mol. The molecule has 0 unspecified atom stereocenters. The van der Waals surface area contributed by atoms with Crippen LogP contribution in [0.2, 0.25) is 0 Å². The van der Waals surface area contributed by atoms with E-state index < -0.39 is 0 Å². The highest BCUT2D eigenvalue weighted by atomic mass is 16.5. The van der Waals surface area contributed by atoms with Crippen LogP contribution in [0.4, 0.5) is 5.82 Å². The molecule has 0 bridgehead atoms. The molecule has 0 aromatic carbocycles. The third-order valence-electron chi connectivity index (χ3n) is 3.27. The lowest BCUT2D eigenvalue weighted by Crippen LogP contribution is -2.33. The zero-order valence-corrected chi connectivity index (χ0v) is 12.3. The maximum atomic E-state index is 12.5. The summed E-state index contributed by atoms with van der Waals surface area (Å²) in [6, 6.07) is 3.70. The van der Waals surface area contributed by atoms with E-state index in [-0.39, 0.29) is 5.91 Å². The van der Waals surface area contributed by atoms with Crippen molar-refractivity contribution in [3.05, 3.63) is 23.4 Å². The molecule has 1 saturated heterocycles. The molecule has 1 aromatic heterocycles. The smallest absolute Gasteiger partial charge is 0.254 e. The van der Waals surface area contributed by atoms with Crippen molar-refractivity contribution >= 4 is 11.7 Å². The van der Waals surface area contributed by atoms with Gasteiger partial charge in [-0.25, -0.2) is 4.98 Å². The van der Waals surface area contributed by atoms with Crippen LogP contribution in [0.1, 0.15) is 35.8 Å². The molecule has 0 spiro atoms. The van der Waals surface area contributed by atoms with E-state index in [1.807, 2.05) is 24.0 Å². The van der Waals surface area contributed by atoms with Crippen LogP contribution in [0.15, 0.2) is 12.1 Å². The normalized spacial score (nSPS) is 15.8. The molecule has 1 aromatic rings. The SMILES string of the molecule is CCCNc1cc(C(=O)N2CCCOCC2)cc(C)n1. The van der Waals surface area contributed by atoms with Crippen LogP contribution in [-0.4, -0.2) is 48.6 Å². The maximum Gasteiger partial charge on any atom is 0.254 e. The van der Waals surface area contributed by atoms with E-state index >= 15 is 0 Å². The van der Waals surface area contributed by atoms with Crippen LogP contribution < -0.4 is 5.32 Å². The largest absolute Gasteiger partial charge is 0.380 e. The number of amides is 1. The van der Waals surface area contributed by atoms with Gasteiger partial charge >= 0.3 is 0 Å². The molecule has 0 aliphatic carbocycles. The number of ether oxygens (including phenoxy) is 1. The van der Waals surface area contributed by atoms with E-state index in [2.05, 4.69) is 17.2 Å². The Bertz CT molecular complexity index is 454. The molecule has 0 atom stereocenters. The second-order valence-corrected chi connectivity index (χ2v) is 5.07. The Balaban J connectivity index is 2.13. The first-order valence-electron chi connectivity index (χ1n) is 7.30. The lowest BCUT2D eigenvalue weighted by atomic mass is 10.2. The summed E-state index contributed by atoms with van der Waals surface area (Å²) in [5, 5.41) is 3.24. The van der Waals surface area contributed by atoms with Crippen molar-refractivity contribution in [3.63, 3.8) is 0 Å². The number of carbonyl (C=O) groups is 1. The van der Waals surface area contributed by atoms with Crippen LogP contribution in [0.5, 0.6) is 0 Å². The van der Waals surface area contributed by atoms with Gasteiger partial charge in [-0.3, -0.25) is 4.79 Å². The van der Waals surface area contributed by atoms with Gasteiger partial charge in [-0.2, -0.15) is 0 Å². The zero-order chi connectivity index (χ0) is 14.4. The van der Waals surface area contributed by atoms with Crippen LogP contribution in [0.25, 0.3) is 0 Å². The first kappa shape index (κ1) is 14.8. The topological polar surface area (TPSA) is 54.5 Å². The molecule has 110 valence electrons. The molecule has 5 heteroatoms. The average molecular weight is 277 g/mol. The van der Waals surface area contributed by atoms with Crippen molar-refractivity contribution in [2.45, 2.75) is 26.7 Å². The van der Waals surface area contributed by atoms with E-state index in [1.165, 1.54) is 0 Å². The van der Waals surface area contributed by atoms with Crippen molar-refractivity contribution in [2.24, 2.45) is 0 Å². The Morgan fingerprint density at radius 3 is 3.05 bits per heavy atom. The van der Waals surface area contributed by atoms with Crippen molar-refractivity contribution in [1.29, 1.82) is 0 Å². The Morgan fingerprint density at radius 1 is 1.40 bits per heavy atom. The van der Waals surface area contributed by atoms with Gasteiger partial charge in [0.05, 0.1) is 6.61 Å². The molecule has 1 aliphatic heterocycles. The highest BCUT2D eigenvalue weighted by molar-refractivity contribution is 5.95. The summed E-state index contributed by atoms with van der Waals surface area (Å²) in [5.74, 6) is 0.849.